The highest BCUT2D eigenvalue weighted by atomic mass is 32.2. The van der Waals surface area contributed by atoms with Gasteiger partial charge in [0.15, 0.2) is 0 Å². The maximum absolute atomic E-state index is 12.9. The zero-order valence-corrected chi connectivity index (χ0v) is 16.8. The van der Waals surface area contributed by atoms with Crippen molar-refractivity contribution in [3.63, 3.8) is 0 Å². The van der Waals surface area contributed by atoms with E-state index in [1.807, 2.05) is 12.1 Å². The Bertz CT molecular complexity index is 1250. The Balaban J connectivity index is 1.60. The molecular weight excluding hydrogens is 390 g/mol. The van der Waals surface area contributed by atoms with Crippen LogP contribution in [0.1, 0.15) is 16.8 Å². The lowest BCUT2D eigenvalue weighted by Gasteiger charge is -2.17. The molecule has 29 heavy (non-hydrogen) atoms. The van der Waals surface area contributed by atoms with E-state index in [-0.39, 0.29) is 17.6 Å². The summed E-state index contributed by atoms with van der Waals surface area (Å²) in [5.74, 6) is -0.104. The molecule has 0 N–H and O–H groups in total. The lowest BCUT2D eigenvalue weighted by molar-refractivity contribution is 0.0788. The SMILES string of the molecule is CS(=O)(=O)CC1CCN(C(=O)c2cccc(-c3cc4ccccc4oc3=O)c2)C1. The van der Waals surface area contributed by atoms with E-state index in [0.29, 0.717) is 41.8 Å². The molecule has 1 atom stereocenters. The molecule has 0 bridgehead atoms. The van der Waals surface area contributed by atoms with Crippen LogP contribution in [0, 0.1) is 5.92 Å². The minimum absolute atomic E-state index is 0.0373. The summed E-state index contributed by atoms with van der Waals surface area (Å²) >= 11 is 0. The summed E-state index contributed by atoms with van der Waals surface area (Å²) in [4.78, 5) is 27.0. The zero-order chi connectivity index (χ0) is 20.6. The highest BCUT2D eigenvalue weighted by Crippen LogP contribution is 2.24. The number of hydrogen-bond acceptors (Lipinski definition) is 5. The van der Waals surface area contributed by atoms with Gasteiger partial charge in [-0.25, -0.2) is 13.2 Å². The Morgan fingerprint density at radius 2 is 1.93 bits per heavy atom. The number of para-hydroxylation sites is 1. The number of amides is 1. The van der Waals surface area contributed by atoms with Gasteiger partial charge in [0.1, 0.15) is 15.4 Å². The van der Waals surface area contributed by atoms with E-state index in [4.69, 9.17) is 4.42 Å². The maximum Gasteiger partial charge on any atom is 0.344 e. The highest BCUT2D eigenvalue weighted by Gasteiger charge is 2.29. The molecule has 0 saturated carbocycles. The van der Waals surface area contributed by atoms with E-state index in [1.54, 1.807) is 47.4 Å². The van der Waals surface area contributed by atoms with Gasteiger partial charge in [-0.3, -0.25) is 4.79 Å². The minimum atomic E-state index is -3.07. The van der Waals surface area contributed by atoms with E-state index < -0.39 is 15.5 Å². The van der Waals surface area contributed by atoms with Crippen LogP contribution in [0.4, 0.5) is 0 Å². The molecule has 1 aliphatic rings. The molecular formula is C22H21NO5S. The van der Waals surface area contributed by atoms with Crippen LogP contribution in [0.15, 0.2) is 63.8 Å². The molecule has 7 heteroatoms. The number of fused-ring (bicyclic) bond motifs is 1. The Kier molecular flexibility index (Phi) is 5.00. The van der Waals surface area contributed by atoms with Crippen LogP contribution in [-0.4, -0.2) is 44.3 Å². The van der Waals surface area contributed by atoms with Crippen molar-refractivity contribution in [2.75, 3.05) is 25.1 Å². The van der Waals surface area contributed by atoms with Gasteiger partial charge in [0.05, 0.1) is 11.3 Å². The molecule has 1 aliphatic heterocycles. The molecule has 0 aliphatic carbocycles. The number of sulfone groups is 1. The highest BCUT2D eigenvalue weighted by molar-refractivity contribution is 7.90. The second kappa shape index (κ2) is 7.48. The molecule has 1 saturated heterocycles. The van der Waals surface area contributed by atoms with Crippen molar-refractivity contribution >= 4 is 26.7 Å². The van der Waals surface area contributed by atoms with Crippen molar-refractivity contribution in [3.05, 3.63) is 70.6 Å². The van der Waals surface area contributed by atoms with Crippen LogP contribution in [0.5, 0.6) is 0 Å². The fourth-order valence-electron chi connectivity index (χ4n) is 3.85. The fourth-order valence-corrected chi connectivity index (χ4v) is 4.98. The summed E-state index contributed by atoms with van der Waals surface area (Å²) in [6.07, 6.45) is 1.89. The van der Waals surface area contributed by atoms with E-state index in [1.165, 1.54) is 6.26 Å². The summed E-state index contributed by atoms with van der Waals surface area (Å²) < 4.78 is 28.4. The zero-order valence-electron chi connectivity index (χ0n) is 16.0. The normalized spacial score (nSPS) is 17.0. The van der Waals surface area contributed by atoms with Gasteiger partial charge in [-0.1, -0.05) is 30.3 Å². The molecule has 1 unspecified atom stereocenters. The van der Waals surface area contributed by atoms with Crippen LogP contribution in [-0.2, 0) is 9.84 Å². The van der Waals surface area contributed by atoms with Gasteiger partial charge < -0.3 is 9.32 Å². The van der Waals surface area contributed by atoms with Crippen molar-refractivity contribution in [1.82, 2.24) is 4.90 Å². The first-order chi connectivity index (χ1) is 13.8. The number of rotatable bonds is 4. The first-order valence-electron chi connectivity index (χ1n) is 9.40. The van der Waals surface area contributed by atoms with E-state index >= 15 is 0 Å². The molecule has 0 radical (unpaired) electrons. The first-order valence-corrected chi connectivity index (χ1v) is 11.5. The van der Waals surface area contributed by atoms with Gasteiger partial charge in [0, 0.05) is 30.3 Å². The average Bonchev–Trinajstić information content (AvgIpc) is 3.13. The largest absolute Gasteiger partial charge is 0.422 e. The maximum atomic E-state index is 12.9. The molecule has 1 amide bonds. The molecule has 150 valence electrons. The van der Waals surface area contributed by atoms with Gasteiger partial charge in [0.25, 0.3) is 5.91 Å². The Hall–Kier alpha value is -2.93. The lowest BCUT2D eigenvalue weighted by atomic mass is 10.0. The van der Waals surface area contributed by atoms with Crippen LogP contribution in [0.3, 0.4) is 0 Å². The van der Waals surface area contributed by atoms with Crippen LogP contribution >= 0.6 is 0 Å². The summed E-state index contributed by atoms with van der Waals surface area (Å²) in [6.45, 7) is 0.954. The van der Waals surface area contributed by atoms with Gasteiger partial charge >= 0.3 is 5.63 Å². The van der Waals surface area contributed by atoms with E-state index in [0.717, 1.165) is 5.39 Å². The first kappa shape index (κ1) is 19.4. The molecule has 2 aromatic carbocycles. The van der Waals surface area contributed by atoms with Crippen LogP contribution < -0.4 is 5.63 Å². The number of carbonyl (C=O) groups is 1. The van der Waals surface area contributed by atoms with E-state index in [9.17, 15) is 18.0 Å². The van der Waals surface area contributed by atoms with Gasteiger partial charge in [-0.15, -0.1) is 0 Å². The third-order valence-electron chi connectivity index (χ3n) is 5.17. The number of likely N-dealkylation sites (tertiary alicyclic amines) is 1. The van der Waals surface area contributed by atoms with Crippen molar-refractivity contribution in [2.45, 2.75) is 6.42 Å². The summed E-state index contributed by atoms with van der Waals surface area (Å²) in [7, 11) is -3.07. The Labute approximate surface area is 168 Å². The summed E-state index contributed by atoms with van der Waals surface area (Å²) in [5.41, 5.74) is 1.54. The standard InChI is InChI=1S/C22H21NO5S/c1-29(26,27)14-15-9-10-23(13-15)21(24)18-7-4-6-16(11-18)19-12-17-5-2-3-8-20(17)28-22(19)25/h2-8,11-12,15H,9-10,13-14H2,1H3. The Morgan fingerprint density at radius 1 is 1.14 bits per heavy atom. The smallest absolute Gasteiger partial charge is 0.344 e. The van der Waals surface area contributed by atoms with E-state index in [2.05, 4.69) is 0 Å². The number of carbonyl (C=O) groups excluding carboxylic acids is 1. The third-order valence-corrected chi connectivity index (χ3v) is 6.25. The van der Waals surface area contributed by atoms with Crippen LogP contribution in [0.2, 0.25) is 0 Å². The van der Waals surface area contributed by atoms with Gasteiger partial charge in [-0.2, -0.15) is 0 Å². The van der Waals surface area contributed by atoms with Crippen molar-refractivity contribution in [1.29, 1.82) is 0 Å². The second-order valence-electron chi connectivity index (χ2n) is 7.56. The topological polar surface area (TPSA) is 84.7 Å². The van der Waals surface area contributed by atoms with Gasteiger partial charge in [0.2, 0.25) is 0 Å². The molecule has 3 aromatic rings. The fraction of sp³-hybridized carbons (Fsp3) is 0.273. The predicted molar refractivity (Wildman–Crippen MR) is 112 cm³/mol. The summed E-state index contributed by atoms with van der Waals surface area (Å²) in [6, 6.07) is 15.9. The third kappa shape index (κ3) is 4.24. The molecule has 6 nitrogen and oxygen atoms in total. The monoisotopic (exact) mass is 411 g/mol. The average molecular weight is 411 g/mol. The van der Waals surface area contributed by atoms with Crippen molar-refractivity contribution in [2.24, 2.45) is 5.92 Å². The quantitative estimate of drug-likeness (QED) is 0.616. The van der Waals surface area contributed by atoms with Crippen molar-refractivity contribution in [3.8, 4) is 11.1 Å². The molecule has 0 spiro atoms. The predicted octanol–water partition coefficient (Wildman–Crippen LogP) is 2.97. The summed E-state index contributed by atoms with van der Waals surface area (Å²) in [5, 5.41) is 0.807. The van der Waals surface area contributed by atoms with Crippen molar-refractivity contribution < 1.29 is 17.6 Å². The number of benzene rings is 2. The van der Waals surface area contributed by atoms with Crippen LogP contribution in [0.25, 0.3) is 22.1 Å². The molecule has 1 aromatic heterocycles. The lowest BCUT2D eigenvalue weighted by Crippen LogP contribution is -2.29. The molecule has 4 rings (SSSR count). The second-order valence-corrected chi connectivity index (χ2v) is 9.75. The Morgan fingerprint density at radius 3 is 2.72 bits per heavy atom. The van der Waals surface area contributed by atoms with Gasteiger partial charge in [-0.05, 0) is 42.2 Å². The number of hydrogen-bond donors (Lipinski definition) is 0. The number of nitrogens with zero attached hydrogens (tertiary/aromatic N) is 1. The molecule has 1 fully saturated rings. The minimum Gasteiger partial charge on any atom is -0.422 e. The molecule has 2 heterocycles.